The molecule has 1 amide bonds. The normalized spacial score (nSPS) is 16.8. The molecule has 1 atom stereocenters. The molecule has 0 radical (unpaired) electrons. The average molecular weight is 393 g/mol. The number of carbonyl (C=O) groups excluding carboxylic acids is 1. The van der Waals surface area contributed by atoms with Crippen molar-refractivity contribution < 1.29 is 9.53 Å². The number of ether oxygens (including phenoxy) is 1. The lowest BCUT2D eigenvalue weighted by atomic mass is 10.0. The lowest BCUT2D eigenvalue weighted by Gasteiger charge is -2.33. The second-order valence-corrected chi connectivity index (χ2v) is 7.45. The van der Waals surface area contributed by atoms with Crippen molar-refractivity contribution >= 4 is 17.4 Å². The summed E-state index contributed by atoms with van der Waals surface area (Å²) in [5.41, 5.74) is 2.57. The first-order valence-electron chi connectivity index (χ1n) is 10.2. The Kier molecular flexibility index (Phi) is 5.64. The van der Waals surface area contributed by atoms with E-state index in [0.717, 1.165) is 47.9 Å². The van der Waals surface area contributed by atoms with Crippen LogP contribution in [0.25, 0.3) is 16.9 Å². The molecule has 0 saturated carbocycles. The van der Waals surface area contributed by atoms with E-state index >= 15 is 0 Å². The van der Waals surface area contributed by atoms with Crippen LogP contribution in [0.15, 0.2) is 42.9 Å². The predicted molar refractivity (Wildman–Crippen MR) is 113 cm³/mol. The maximum atomic E-state index is 12.7. The zero-order chi connectivity index (χ0) is 20.2. The summed E-state index contributed by atoms with van der Waals surface area (Å²) in [5, 5.41) is 3.44. The van der Waals surface area contributed by atoms with Crippen LogP contribution >= 0.6 is 0 Å². The van der Waals surface area contributed by atoms with Gasteiger partial charge in [0.15, 0.2) is 5.65 Å². The minimum absolute atomic E-state index is 0.214. The van der Waals surface area contributed by atoms with Gasteiger partial charge in [0.1, 0.15) is 17.3 Å². The number of amides is 1. The molecule has 1 fully saturated rings. The van der Waals surface area contributed by atoms with Gasteiger partial charge in [-0.1, -0.05) is 0 Å². The highest BCUT2D eigenvalue weighted by atomic mass is 16.5. The molecule has 1 N–H and O–H groups in total. The Bertz CT molecular complexity index is 983. The number of fused-ring (bicyclic) bond motifs is 1. The Morgan fingerprint density at radius 1 is 1.28 bits per heavy atom. The summed E-state index contributed by atoms with van der Waals surface area (Å²) in [4.78, 5) is 23.6. The Balaban J connectivity index is 1.53. The molecule has 2 aromatic heterocycles. The zero-order valence-corrected chi connectivity index (χ0v) is 17.0. The summed E-state index contributed by atoms with van der Waals surface area (Å²) in [6.45, 7) is 3.57. The van der Waals surface area contributed by atoms with Gasteiger partial charge in [0.05, 0.1) is 13.3 Å². The number of imidazole rings is 1. The summed E-state index contributed by atoms with van der Waals surface area (Å²) in [6.07, 6.45) is 9.23. The average Bonchev–Trinajstić information content (AvgIpc) is 3.13. The summed E-state index contributed by atoms with van der Waals surface area (Å²) >= 11 is 0. The Labute approximate surface area is 170 Å². The van der Waals surface area contributed by atoms with Crippen LogP contribution in [0, 0.1) is 0 Å². The molecule has 0 aliphatic carbocycles. The first kappa shape index (κ1) is 19.2. The van der Waals surface area contributed by atoms with Gasteiger partial charge in [-0.3, -0.25) is 14.2 Å². The van der Waals surface area contributed by atoms with Crippen LogP contribution in [0.3, 0.4) is 0 Å². The number of benzene rings is 1. The molecule has 1 aromatic carbocycles. The number of anilines is 1. The van der Waals surface area contributed by atoms with Gasteiger partial charge >= 0.3 is 0 Å². The summed E-state index contributed by atoms with van der Waals surface area (Å²) < 4.78 is 7.23. The van der Waals surface area contributed by atoms with Crippen molar-refractivity contribution in [3.63, 3.8) is 0 Å². The van der Waals surface area contributed by atoms with Gasteiger partial charge in [-0.2, -0.15) is 0 Å². The van der Waals surface area contributed by atoms with Gasteiger partial charge in [0.25, 0.3) is 0 Å². The largest absolute Gasteiger partial charge is 0.497 e. The highest BCUT2D eigenvalue weighted by Crippen LogP contribution is 2.30. The van der Waals surface area contributed by atoms with Crippen molar-refractivity contribution in [2.24, 2.45) is 0 Å². The van der Waals surface area contributed by atoms with Crippen molar-refractivity contribution in [3.8, 4) is 17.0 Å². The van der Waals surface area contributed by atoms with E-state index in [9.17, 15) is 4.79 Å². The van der Waals surface area contributed by atoms with Crippen molar-refractivity contribution in [1.29, 1.82) is 0 Å². The maximum absolute atomic E-state index is 12.7. The number of rotatable bonds is 6. The second-order valence-electron chi connectivity index (χ2n) is 7.45. The van der Waals surface area contributed by atoms with Crippen LogP contribution in [-0.4, -0.2) is 51.4 Å². The van der Waals surface area contributed by atoms with Gasteiger partial charge in [-0.25, -0.2) is 4.98 Å². The van der Waals surface area contributed by atoms with E-state index in [2.05, 4.69) is 17.2 Å². The smallest absolute Gasteiger partial charge is 0.224 e. The molecule has 3 aromatic rings. The third-order valence-corrected chi connectivity index (χ3v) is 5.55. The summed E-state index contributed by atoms with van der Waals surface area (Å²) in [7, 11) is 1.65. The quantitative estimate of drug-likeness (QED) is 0.693. The van der Waals surface area contributed by atoms with Crippen LogP contribution < -0.4 is 10.1 Å². The third-order valence-electron chi connectivity index (χ3n) is 5.55. The number of hydrogen-bond acceptors (Lipinski definition) is 5. The lowest BCUT2D eigenvalue weighted by Crippen LogP contribution is -2.42. The molecular formula is C22H27N5O2. The topological polar surface area (TPSA) is 71.8 Å². The first-order chi connectivity index (χ1) is 14.2. The SMILES string of the molecule is COc1ccc(-c2nc3cnccn3c2NCCC(=O)N2CCCCC2C)cc1. The van der Waals surface area contributed by atoms with Crippen LogP contribution in [-0.2, 0) is 4.79 Å². The van der Waals surface area contributed by atoms with Crippen molar-refractivity contribution in [1.82, 2.24) is 19.3 Å². The standard InChI is InChI=1S/C22H27N5O2/c1-16-5-3-4-13-26(16)20(28)10-11-24-22-21(17-6-8-18(29-2)9-7-17)25-19-15-23-12-14-27(19)22/h6-9,12,14-16,24H,3-5,10-11,13H2,1-2H3. The van der Waals surface area contributed by atoms with Crippen molar-refractivity contribution in [3.05, 3.63) is 42.9 Å². The molecule has 0 spiro atoms. The highest BCUT2D eigenvalue weighted by Gasteiger charge is 2.23. The number of likely N-dealkylation sites (tertiary alicyclic amines) is 1. The van der Waals surface area contributed by atoms with E-state index in [0.29, 0.717) is 19.0 Å². The molecule has 3 heterocycles. The molecule has 29 heavy (non-hydrogen) atoms. The second kappa shape index (κ2) is 8.51. The minimum atomic E-state index is 0.214. The minimum Gasteiger partial charge on any atom is -0.497 e. The Hall–Kier alpha value is -3.09. The van der Waals surface area contributed by atoms with Crippen LogP contribution in [0.2, 0.25) is 0 Å². The van der Waals surface area contributed by atoms with Crippen molar-refractivity contribution in [2.45, 2.75) is 38.6 Å². The van der Waals surface area contributed by atoms with Crippen LogP contribution in [0.5, 0.6) is 5.75 Å². The van der Waals surface area contributed by atoms with Crippen LogP contribution in [0.4, 0.5) is 5.82 Å². The molecule has 4 rings (SSSR count). The third kappa shape index (κ3) is 4.04. The fraction of sp³-hybridized carbons (Fsp3) is 0.409. The van der Waals surface area contributed by atoms with Gasteiger partial charge < -0.3 is 15.0 Å². The van der Waals surface area contributed by atoms with Crippen LogP contribution in [0.1, 0.15) is 32.6 Å². The number of nitrogens with one attached hydrogen (secondary N) is 1. The number of aromatic nitrogens is 3. The predicted octanol–water partition coefficient (Wildman–Crippen LogP) is 3.61. The van der Waals surface area contributed by atoms with E-state index in [-0.39, 0.29) is 5.91 Å². The van der Waals surface area contributed by atoms with Gasteiger partial charge in [0.2, 0.25) is 5.91 Å². The van der Waals surface area contributed by atoms with E-state index in [1.807, 2.05) is 39.8 Å². The molecule has 0 bridgehead atoms. The van der Waals surface area contributed by atoms with Gasteiger partial charge in [-0.15, -0.1) is 0 Å². The number of nitrogens with zero attached hydrogens (tertiary/aromatic N) is 4. The zero-order valence-electron chi connectivity index (χ0n) is 17.0. The molecule has 152 valence electrons. The number of piperidine rings is 1. The van der Waals surface area contributed by atoms with Gasteiger partial charge in [0, 0.05) is 43.5 Å². The summed E-state index contributed by atoms with van der Waals surface area (Å²) in [6, 6.07) is 8.15. The fourth-order valence-electron chi connectivity index (χ4n) is 3.93. The maximum Gasteiger partial charge on any atom is 0.224 e. The number of hydrogen-bond donors (Lipinski definition) is 1. The molecule has 1 aliphatic heterocycles. The molecule has 1 unspecified atom stereocenters. The Morgan fingerprint density at radius 3 is 2.86 bits per heavy atom. The fourth-order valence-corrected chi connectivity index (χ4v) is 3.93. The molecule has 7 heteroatoms. The number of carbonyl (C=O) groups is 1. The Morgan fingerprint density at radius 2 is 2.10 bits per heavy atom. The highest BCUT2D eigenvalue weighted by molar-refractivity contribution is 5.79. The van der Waals surface area contributed by atoms with E-state index in [4.69, 9.17) is 9.72 Å². The molecule has 7 nitrogen and oxygen atoms in total. The van der Waals surface area contributed by atoms with E-state index < -0.39 is 0 Å². The van der Waals surface area contributed by atoms with E-state index in [1.165, 1.54) is 6.42 Å². The summed E-state index contributed by atoms with van der Waals surface area (Å²) in [5.74, 6) is 1.88. The van der Waals surface area contributed by atoms with E-state index in [1.54, 1.807) is 19.5 Å². The molecule has 1 aliphatic rings. The number of methoxy groups -OCH3 is 1. The lowest BCUT2D eigenvalue weighted by molar-refractivity contribution is -0.134. The monoisotopic (exact) mass is 393 g/mol. The van der Waals surface area contributed by atoms with Crippen molar-refractivity contribution in [2.75, 3.05) is 25.5 Å². The van der Waals surface area contributed by atoms with Gasteiger partial charge in [-0.05, 0) is 50.5 Å². The first-order valence-corrected chi connectivity index (χ1v) is 10.2. The molecule has 1 saturated heterocycles. The molecular weight excluding hydrogens is 366 g/mol.